The Hall–Kier alpha value is -3.48. The van der Waals surface area contributed by atoms with Crippen molar-refractivity contribution in [3.05, 3.63) is 76.2 Å². The predicted molar refractivity (Wildman–Crippen MR) is 109 cm³/mol. The monoisotopic (exact) mass is 393 g/mol. The largest absolute Gasteiger partial charge is 0.452 e. The molecule has 0 saturated heterocycles. The number of amides is 1. The number of rotatable bonds is 7. The maximum absolute atomic E-state index is 12.3. The minimum atomic E-state index is -0.919. The Balaban J connectivity index is 1.58. The van der Waals surface area contributed by atoms with Crippen molar-refractivity contribution in [3.8, 4) is 0 Å². The molecule has 1 N–H and O–H groups in total. The van der Waals surface area contributed by atoms with Gasteiger partial charge in [-0.25, -0.2) is 4.68 Å². The molecule has 150 valence electrons. The fraction of sp³-hybridized carbons (Fsp3) is 0.273. The topological polar surface area (TPSA) is 90.3 Å². The molecule has 3 aromatic rings. The molecule has 1 atom stereocenters. The van der Waals surface area contributed by atoms with Crippen LogP contribution in [0, 0.1) is 0 Å². The molecule has 0 aliphatic rings. The molecule has 1 aromatic heterocycles. The number of carbonyl (C=O) groups is 2. The summed E-state index contributed by atoms with van der Waals surface area (Å²) in [5.41, 5.74) is 1.32. The van der Waals surface area contributed by atoms with E-state index in [2.05, 4.69) is 10.4 Å². The van der Waals surface area contributed by atoms with Gasteiger partial charge < -0.3 is 10.1 Å². The van der Waals surface area contributed by atoms with Crippen molar-refractivity contribution in [3.63, 3.8) is 0 Å². The van der Waals surface area contributed by atoms with Gasteiger partial charge in [0.1, 0.15) is 0 Å². The Morgan fingerprint density at radius 1 is 1.07 bits per heavy atom. The van der Waals surface area contributed by atoms with Gasteiger partial charge in [0.2, 0.25) is 0 Å². The molecule has 0 fully saturated rings. The highest BCUT2D eigenvalue weighted by molar-refractivity contribution is 5.88. The highest BCUT2D eigenvalue weighted by atomic mass is 16.5. The minimum absolute atomic E-state index is 0.129. The second-order valence-electron chi connectivity index (χ2n) is 6.76. The number of nitrogens with one attached hydrogen (secondary N) is 1. The molecule has 2 aromatic carbocycles. The van der Waals surface area contributed by atoms with Crippen molar-refractivity contribution in [2.24, 2.45) is 7.05 Å². The fourth-order valence-electron chi connectivity index (χ4n) is 3.05. The van der Waals surface area contributed by atoms with Gasteiger partial charge in [-0.2, -0.15) is 5.10 Å². The molecule has 0 radical (unpaired) electrons. The van der Waals surface area contributed by atoms with Crippen LogP contribution in [0.15, 0.2) is 59.4 Å². The summed E-state index contributed by atoms with van der Waals surface area (Å²) in [5, 5.41) is 8.04. The quantitative estimate of drug-likeness (QED) is 0.618. The third kappa shape index (κ3) is 5.07. The van der Waals surface area contributed by atoms with Gasteiger partial charge in [0, 0.05) is 19.0 Å². The van der Waals surface area contributed by atoms with Crippen LogP contribution in [0.5, 0.6) is 0 Å². The standard InChI is InChI=1S/C22H23N3O4/c1-15(21(27)23-13-12-16-8-4-3-5-9-16)29-20(26)14-19-17-10-6-7-11-18(17)22(28)25(2)24-19/h3-11,15H,12-14H2,1-2H3,(H,23,27)/t15-/m0/s1. The van der Waals surface area contributed by atoms with Crippen LogP contribution in [0.2, 0.25) is 0 Å². The number of hydrogen-bond donors (Lipinski definition) is 1. The molecule has 7 nitrogen and oxygen atoms in total. The summed E-state index contributed by atoms with van der Waals surface area (Å²) in [7, 11) is 1.53. The molecule has 0 aliphatic carbocycles. The number of nitrogens with zero attached hydrogens (tertiary/aromatic N) is 2. The highest BCUT2D eigenvalue weighted by Gasteiger charge is 2.19. The number of benzene rings is 2. The van der Waals surface area contributed by atoms with Gasteiger partial charge in [-0.15, -0.1) is 0 Å². The number of ether oxygens (including phenoxy) is 1. The van der Waals surface area contributed by atoms with Crippen LogP contribution in [0.25, 0.3) is 10.8 Å². The summed E-state index contributed by atoms with van der Waals surface area (Å²) in [6, 6.07) is 16.8. The first kappa shape index (κ1) is 20.3. The van der Waals surface area contributed by atoms with E-state index in [4.69, 9.17) is 4.74 Å². The highest BCUT2D eigenvalue weighted by Crippen LogP contribution is 2.14. The van der Waals surface area contributed by atoms with Crippen LogP contribution in [0.4, 0.5) is 0 Å². The zero-order valence-corrected chi connectivity index (χ0v) is 16.4. The van der Waals surface area contributed by atoms with Gasteiger partial charge in [-0.05, 0) is 25.0 Å². The van der Waals surface area contributed by atoms with E-state index in [1.54, 1.807) is 24.3 Å². The average Bonchev–Trinajstić information content (AvgIpc) is 2.72. The molecule has 0 unspecified atom stereocenters. The van der Waals surface area contributed by atoms with Crippen LogP contribution in [0.1, 0.15) is 18.2 Å². The number of aryl methyl sites for hydroxylation is 1. The second-order valence-corrected chi connectivity index (χ2v) is 6.76. The minimum Gasteiger partial charge on any atom is -0.452 e. The lowest BCUT2D eigenvalue weighted by Crippen LogP contribution is -2.37. The Kier molecular flexibility index (Phi) is 6.39. The van der Waals surface area contributed by atoms with Crippen LogP contribution in [-0.4, -0.2) is 34.3 Å². The first-order valence-corrected chi connectivity index (χ1v) is 9.41. The molecule has 1 amide bonds. The second kappa shape index (κ2) is 9.14. The Morgan fingerprint density at radius 3 is 2.45 bits per heavy atom. The zero-order chi connectivity index (χ0) is 20.8. The Labute approximate surface area is 168 Å². The van der Waals surface area contributed by atoms with E-state index < -0.39 is 12.1 Å². The van der Waals surface area contributed by atoms with Crippen molar-refractivity contribution in [1.82, 2.24) is 15.1 Å². The first-order valence-electron chi connectivity index (χ1n) is 9.41. The molecule has 0 bridgehead atoms. The number of aromatic nitrogens is 2. The first-order chi connectivity index (χ1) is 14.0. The summed E-state index contributed by atoms with van der Waals surface area (Å²) >= 11 is 0. The van der Waals surface area contributed by atoms with Crippen LogP contribution >= 0.6 is 0 Å². The van der Waals surface area contributed by atoms with Crippen LogP contribution in [-0.2, 0) is 34.2 Å². The van der Waals surface area contributed by atoms with E-state index in [1.165, 1.54) is 18.7 Å². The lowest BCUT2D eigenvalue weighted by atomic mass is 10.1. The van der Waals surface area contributed by atoms with Gasteiger partial charge in [0.15, 0.2) is 6.10 Å². The van der Waals surface area contributed by atoms with E-state index in [0.29, 0.717) is 29.4 Å². The molecule has 3 rings (SSSR count). The summed E-state index contributed by atoms with van der Waals surface area (Å²) in [5.74, 6) is -0.931. The predicted octanol–water partition coefficient (Wildman–Crippen LogP) is 1.77. The third-order valence-corrected chi connectivity index (χ3v) is 4.58. The van der Waals surface area contributed by atoms with Gasteiger partial charge in [-0.1, -0.05) is 48.5 Å². The Bertz CT molecular complexity index is 1080. The van der Waals surface area contributed by atoms with Gasteiger partial charge in [0.05, 0.1) is 17.5 Å². The van der Waals surface area contributed by atoms with E-state index >= 15 is 0 Å². The fourth-order valence-corrected chi connectivity index (χ4v) is 3.05. The molecule has 7 heteroatoms. The average molecular weight is 393 g/mol. The van der Waals surface area contributed by atoms with Crippen molar-refractivity contribution in [2.45, 2.75) is 25.9 Å². The molecule has 29 heavy (non-hydrogen) atoms. The summed E-state index contributed by atoms with van der Waals surface area (Å²) in [6.45, 7) is 1.99. The van der Waals surface area contributed by atoms with E-state index in [-0.39, 0.29) is 17.9 Å². The summed E-state index contributed by atoms with van der Waals surface area (Å²) in [4.78, 5) is 36.7. The summed E-state index contributed by atoms with van der Waals surface area (Å²) in [6.07, 6.45) is -0.352. The number of fused-ring (bicyclic) bond motifs is 1. The normalized spacial score (nSPS) is 11.8. The molecular weight excluding hydrogens is 370 g/mol. The smallest absolute Gasteiger partial charge is 0.312 e. The third-order valence-electron chi connectivity index (χ3n) is 4.58. The van der Waals surface area contributed by atoms with E-state index in [9.17, 15) is 14.4 Å². The number of carbonyl (C=O) groups excluding carboxylic acids is 2. The molecule has 1 heterocycles. The number of esters is 1. The van der Waals surface area contributed by atoms with Gasteiger partial charge in [-0.3, -0.25) is 14.4 Å². The van der Waals surface area contributed by atoms with Crippen LogP contribution < -0.4 is 10.9 Å². The maximum atomic E-state index is 12.3. The van der Waals surface area contributed by atoms with Crippen molar-refractivity contribution >= 4 is 22.6 Å². The number of hydrogen-bond acceptors (Lipinski definition) is 5. The Morgan fingerprint density at radius 2 is 1.72 bits per heavy atom. The van der Waals surface area contributed by atoms with Crippen molar-refractivity contribution in [2.75, 3.05) is 6.54 Å². The molecule has 0 saturated carbocycles. The lowest BCUT2D eigenvalue weighted by Gasteiger charge is -2.14. The van der Waals surface area contributed by atoms with Gasteiger partial charge in [0.25, 0.3) is 11.5 Å². The van der Waals surface area contributed by atoms with Crippen LogP contribution in [0.3, 0.4) is 0 Å². The van der Waals surface area contributed by atoms with Gasteiger partial charge >= 0.3 is 5.97 Å². The summed E-state index contributed by atoms with van der Waals surface area (Å²) < 4.78 is 6.46. The molecular formula is C22H23N3O4. The maximum Gasteiger partial charge on any atom is 0.312 e. The van der Waals surface area contributed by atoms with Crippen molar-refractivity contribution in [1.29, 1.82) is 0 Å². The molecule has 0 aliphatic heterocycles. The van der Waals surface area contributed by atoms with Crippen molar-refractivity contribution < 1.29 is 14.3 Å². The van der Waals surface area contributed by atoms with E-state index in [1.807, 2.05) is 30.3 Å². The van der Waals surface area contributed by atoms with E-state index in [0.717, 1.165) is 5.56 Å². The SMILES string of the molecule is C[C@H](OC(=O)Cc1nn(C)c(=O)c2ccccc12)C(=O)NCCc1ccccc1. The molecule has 0 spiro atoms. The lowest BCUT2D eigenvalue weighted by molar-refractivity contribution is -0.154. The zero-order valence-electron chi connectivity index (χ0n) is 16.4.